The van der Waals surface area contributed by atoms with Gasteiger partial charge < -0.3 is 14.6 Å². The normalized spacial score (nSPS) is 15.4. The second-order valence-electron chi connectivity index (χ2n) is 6.15. The molecule has 128 valence electrons. The Bertz CT molecular complexity index is 675. The number of nitrogens with zero attached hydrogens (tertiary/aromatic N) is 1. The molecule has 3 rings (SSSR count). The van der Waals surface area contributed by atoms with Gasteiger partial charge >= 0.3 is 0 Å². The van der Waals surface area contributed by atoms with Crippen molar-refractivity contribution in [3.8, 4) is 11.3 Å². The van der Waals surface area contributed by atoms with Gasteiger partial charge in [0.25, 0.3) is 5.91 Å². The number of hydrogen-bond acceptors (Lipinski definition) is 3. The van der Waals surface area contributed by atoms with Gasteiger partial charge in [0.1, 0.15) is 11.6 Å². The zero-order chi connectivity index (χ0) is 16.9. The van der Waals surface area contributed by atoms with Crippen molar-refractivity contribution in [2.75, 3.05) is 19.6 Å². The fourth-order valence-electron chi connectivity index (χ4n) is 3.17. The van der Waals surface area contributed by atoms with Gasteiger partial charge in [-0.25, -0.2) is 4.39 Å². The van der Waals surface area contributed by atoms with Crippen molar-refractivity contribution in [1.82, 2.24) is 10.2 Å². The number of halogens is 1. The van der Waals surface area contributed by atoms with Crippen LogP contribution in [0.25, 0.3) is 11.3 Å². The Morgan fingerprint density at radius 3 is 2.58 bits per heavy atom. The lowest BCUT2D eigenvalue weighted by Crippen LogP contribution is -2.46. The fraction of sp³-hybridized carbons (Fsp3) is 0.421. The second-order valence-corrected chi connectivity index (χ2v) is 6.15. The number of hydrogen-bond donors (Lipinski definition) is 1. The van der Waals surface area contributed by atoms with Crippen LogP contribution in [0.1, 0.15) is 36.7 Å². The van der Waals surface area contributed by atoms with Gasteiger partial charge in [-0.15, -0.1) is 0 Å². The first-order valence-corrected chi connectivity index (χ1v) is 8.56. The third-order valence-corrected chi connectivity index (χ3v) is 4.42. The quantitative estimate of drug-likeness (QED) is 0.909. The standard InChI is InChI=1S/C19H23FN2O2/c1-2-13-22(16-9-11-21-12-10-16)19(23)18-8-7-17(24-18)14-3-5-15(20)6-4-14/h3-8,16,21H,2,9-13H2,1H3. The molecule has 24 heavy (non-hydrogen) atoms. The Morgan fingerprint density at radius 2 is 1.92 bits per heavy atom. The van der Waals surface area contributed by atoms with E-state index in [0.717, 1.165) is 44.5 Å². The number of nitrogens with one attached hydrogen (secondary N) is 1. The smallest absolute Gasteiger partial charge is 0.289 e. The van der Waals surface area contributed by atoms with Crippen molar-refractivity contribution < 1.29 is 13.6 Å². The van der Waals surface area contributed by atoms with Crippen LogP contribution in [0.3, 0.4) is 0 Å². The van der Waals surface area contributed by atoms with E-state index in [1.165, 1.54) is 12.1 Å². The van der Waals surface area contributed by atoms with E-state index in [9.17, 15) is 9.18 Å². The molecular formula is C19H23FN2O2. The zero-order valence-electron chi connectivity index (χ0n) is 13.9. The molecule has 2 aromatic rings. The van der Waals surface area contributed by atoms with Crippen LogP contribution in [0.4, 0.5) is 4.39 Å². The monoisotopic (exact) mass is 330 g/mol. The maximum absolute atomic E-state index is 13.0. The van der Waals surface area contributed by atoms with Crippen LogP contribution in [0, 0.1) is 5.82 Å². The summed E-state index contributed by atoms with van der Waals surface area (Å²) < 4.78 is 18.8. The van der Waals surface area contributed by atoms with Crippen LogP contribution in [0.15, 0.2) is 40.8 Å². The Kier molecular flexibility index (Phi) is 5.30. The van der Waals surface area contributed by atoms with Gasteiger partial charge in [-0.2, -0.15) is 0 Å². The van der Waals surface area contributed by atoms with Gasteiger partial charge in [0.2, 0.25) is 0 Å². The molecule has 0 radical (unpaired) electrons. The minimum Gasteiger partial charge on any atom is -0.451 e. The summed E-state index contributed by atoms with van der Waals surface area (Å²) >= 11 is 0. The Labute approximate surface area is 141 Å². The molecule has 0 bridgehead atoms. The van der Waals surface area contributed by atoms with E-state index in [1.54, 1.807) is 24.3 Å². The van der Waals surface area contributed by atoms with E-state index in [1.807, 2.05) is 4.90 Å². The molecule has 1 aliphatic heterocycles. The van der Waals surface area contributed by atoms with Gasteiger partial charge in [0.05, 0.1) is 0 Å². The minimum absolute atomic E-state index is 0.0582. The van der Waals surface area contributed by atoms with Crippen LogP contribution in [-0.4, -0.2) is 36.5 Å². The number of carbonyl (C=O) groups excluding carboxylic acids is 1. The van der Waals surface area contributed by atoms with Gasteiger partial charge in [0.15, 0.2) is 5.76 Å². The topological polar surface area (TPSA) is 45.5 Å². The van der Waals surface area contributed by atoms with Gasteiger partial charge in [-0.05, 0) is 68.8 Å². The predicted octanol–water partition coefficient (Wildman–Crippen LogP) is 3.69. The molecule has 1 fully saturated rings. The Balaban J connectivity index is 1.78. The molecule has 5 heteroatoms. The lowest BCUT2D eigenvalue weighted by Gasteiger charge is -2.34. The molecule has 1 N–H and O–H groups in total. The van der Waals surface area contributed by atoms with Gasteiger partial charge in [0, 0.05) is 18.2 Å². The van der Waals surface area contributed by atoms with E-state index in [0.29, 0.717) is 11.5 Å². The summed E-state index contributed by atoms with van der Waals surface area (Å²) in [6.07, 6.45) is 2.86. The first kappa shape index (κ1) is 16.7. The van der Waals surface area contributed by atoms with Crippen LogP contribution in [0.5, 0.6) is 0 Å². The second kappa shape index (κ2) is 7.62. The van der Waals surface area contributed by atoms with Crippen LogP contribution >= 0.6 is 0 Å². The lowest BCUT2D eigenvalue weighted by molar-refractivity contribution is 0.0611. The van der Waals surface area contributed by atoms with E-state index >= 15 is 0 Å². The third-order valence-electron chi connectivity index (χ3n) is 4.42. The first-order chi connectivity index (χ1) is 11.7. The summed E-state index contributed by atoms with van der Waals surface area (Å²) in [5.74, 6) is 0.583. The van der Waals surface area contributed by atoms with Crippen molar-refractivity contribution in [2.24, 2.45) is 0 Å². The minimum atomic E-state index is -0.290. The van der Waals surface area contributed by atoms with E-state index in [2.05, 4.69) is 12.2 Å². The largest absolute Gasteiger partial charge is 0.451 e. The fourth-order valence-corrected chi connectivity index (χ4v) is 3.17. The van der Waals surface area contributed by atoms with Crippen LogP contribution < -0.4 is 5.32 Å². The number of rotatable bonds is 5. The maximum atomic E-state index is 13.0. The highest BCUT2D eigenvalue weighted by Crippen LogP contribution is 2.24. The van der Waals surface area contributed by atoms with Gasteiger partial charge in [-0.1, -0.05) is 6.92 Å². The summed E-state index contributed by atoms with van der Waals surface area (Å²) in [5, 5.41) is 3.33. The Morgan fingerprint density at radius 1 is 1.21 bits per heavy atom. The molecule has 0 atom stereocenters. The van der Waals surface area contributed by atoms with E-state index < -0.39 is 0 Å². The number of amides is 1. The van der Waals surface area contributed by atoms with Crippen molar-refractivity contribution in [1.29, 1.82) is 0 Å². The maximum Gasteiger partial charge on any atom is 0.289 e. The number of carbonyl (C=O) groups is 1. The van der Waals surface area contributed by atoms with Crippen LogP contribution in [-0.2, 0) is 0 Å². The molecule has 0 aliphatic carbocycles. The molecule has 0 spiro atoms. The summed E-state index contributed by atoms with van der Waals surface area (Å²) in [5.41, 5.74) is 0.763. The lowest BCUT2D eigenvalue weighted by atomic mass is 10.0. The highest BCUT2D eigenvalue weighted by atomic mass is 19.1. The van der Waals surface area contributed by atoms with E-state index in [4.69, 9.17) is 4.42 Å². The van der Waals surface area contributed by atoms with Crippen LogP contribution in [0.2, 0.25) is 0 Å². The molecule has 1 aliphatic rings. The summed E-state index contributed by atoms with van der Waals surface area (Å²) in [6, 6.07) is 9.82. The third kappa shape index (κ3) is 3.67. The highest BCUT2D eigenvalue weighted by molar-refractivity contribution is 5.92. The molecule has 4 nitrogen and oxygen atoms in total. The van der Waals surface area contributed by atoms with Crippen molar-refractivity contribution >= 4 is 5.91 Å². The summed E-state index contributed by atoms with van der Waals surface area (Å²) in [7, 11) is 0. The molecule has 1 aromatic carbocycles. The molecule has 0 saturated carbocycles. The molecule has 1 saturated heterocycles. The van der Waals surface area contributed by atoms with Gasteiger partial charge in [-0.3, -0.25) is 4.79 Å². The molecule has 1 aromatic heterocycles. The van der Waals surface area contributed by atoms with Crippen molar-refractivity contribution in [3.63, 3.8) is 0 Å². The average molecular weight is 330 g/mol. The average Bonchev–Trinajstić information content (AvgIpc) is 3.10. The zero-order valence-corrected chi connectivity index (χ0v) is 13.9. The number of piperidine rings is 1. The van der Waals surface area contributed by atoms with Crippen molar-refractivity contribution in [3.05, 3.63) is 48.0 Å². The number of furan rings is 1. The SMILES string of the molecule is CCCN(C(=O)c1ccc(-c2ccc(F)cc2)o1)C1CCNCC1. The molecule has 1 amide bonds. The number of benzene rings is 1. The van der Waals surface area contributed by atoms with Crippen molar-refractivity contribution in [2.45, 2.75) is 32.2 Å². The predicted molar refractivity (Wildman–Crippen MR) is 91.3 cm³/mol. The Hall–Kier alpha value is -2.14. The first-order valence-electron chi connectivity index (χ1n) is 8.56. The molecular weight excluding hydrogens is 307 g/mol. The summed E-state index contributed by atoms with van der Waals surface area (Å²) in [6.45, 7) is 4.69. The molecule has 2 heterocycles. The molecule has 0 unspecified atom stereocenters. The van der Waals surface area contributed by atoms with E-state index in [-0.39, 0.29) is 17.8 Å². The summed E-state index contributed by atoms with van der Waals surface area (Å²) in [4.78, 5) is 14.8. The highest BCUT2D eigenvalue weighted by Gasteiger charge is 2.27.